The fourth-order valence-electron chi connectivity index (χ4n) is 2.14. The molecule has 2 N–H and O–H groups in total. The molecule has 0 fully saturated rings. The minimum Gasteiger partial charge on any atom is -0.352 e. The van der Waals surface area contributed by atoms with E-state index in [1.807, 2.05) is 56.3 Å². The van der Waals surface area contributed by atoms with Gasteiger partial charge in [-0.15, -0.1) is 0 Å². The maximum Gasteiger partial charge on any atom is 0.233 e. The van der Waals surface area contributed by atoms with E-state index in [-0.39, 0.29) is 18.2 Å². The molecule has 0 aliphatic heterocycles. The normalized spacial score (nSPS) is 10.1. The summed E-state index contributed by atoms with van der Waals surface area (Å²) in [6.45, 7) is 4.37. The van der Waals surface area contributed by atoms with Crippen molar-refractivity contribution in [2.24, 2.45) is 0 Å². The molecule has 0 spiro atoms. The SMILES string of the molecule is Cc1cccc(NC(=O)CC(=O)NCc2ccccc2C)c1. The van der Waals surface area contributed by atoms with Crippen LogP contribution in [0.25, 0.3) is 0 Å². The van der Waals surface area contributed by atoms with E-state index in [2.05, 4.69) is 10.6 Å². The van der Waals surface area contributed by atoms with Crippen LogP contribution >= 0.6 is 0 Å². The Morgan fingerprint density at radius 2 is 1.73 bits per heavy atom. The van der Waals surface area contributed by atoms with Gasteiger partial charge in [-0.05, 0) is 42.7 Å². The first-order valence-electron chi connectivity index (χ1n) is 7.22. The van der Waals surface area contributed by atoms with Crippen molar-refractivity contribution in [3.8, 4) is 0 Å². The van der Waals surface area contributed by atoms with Gasteiger partial charge in [0, 0.05) is 12.2 Å². The van der Waals surface area contributed by atoms with Gasteiger partial charge in [-0.3, -0.25) is 9.59 Å². The molecule has 0 saturated heterocycles. The third-order valence-corrected chi connectivity index (χ3v) is 3.36. The number of amides is 2. The van der Waals surface area contributed by atoms with E-state index in [1.165, 1.54) is 0 Å². The Balaban J connectivity index is 1.82. The largest absolute Gasteiger partial charge is 0.352 e. The average molecular weight is 296 g/mol. The molecule has 0 bridgehead atoms. The van der Waals surface area contributed by atoms with Crippen molar-refractivity contribution in [2.45, 2.75) is 26.8 Å². The lowest BCUT2D eigenvalue weighted by Crippen LogP contribution is -2.28. The van der Waals surface area contributed by atoms with Crippen molar-refractivity contribution in [1.29, 1.82) is 0 Å². The molecule has 0 radical (unpaired) electrons. The number of carbonyl (C=O) groups is 2. The number of hydrogen-bond acceptors (Lipinski definition) is 2. The predicted octanol–water partition coefficient (Wildman–Crippen LogP) is 2.95. The fourth-order valence-corrected chi connectivity index (χ4v) is 2.14. The third-order valence-electron chi connectivity index (χ3n) is 3.36. The van der Waals surface area contributed by atoms with E-state index in [0.29, 0.717) is 12.2 Å². The zero-order chi connectivity index (χ0) is 15.9. The maximum atomic E-state index is 11.8. The zero-order valence-electron chi connectivity index (χ0n) is 12.8. The first-order valence-corrected chi connectivity index (χ1v) is 7.22. The Bertz CT molecular complexity index is 680. The molecule has 4 nitrogen and oxygen atoms in total. The highest BCUT2D eigenvalue weighted by molar-refractivity contribution is 6.03. The lowest BCUT2D eigenvalue weighted by Gasteiger charge is -2.08. The minimum absolute atomic E-state index is 0.181. The van der Waals surface area contributed by atoms with Gasteiger partial charge in [0.05, 0.1) is 0 Å². The number of benzene rings is 2. The summed E-state index contributed by atoms with van der Waals surface area (Å²) in [5.74, 6) is -0.596. The summed E-state index contributed by atoms with van der Waals surface area (Å²) in [6, 6.07) is 15.3. The zero-order valence-corrected chi connectivity index (χ0v) is 12.8. The second-order valence-electron chi connectivity index (χ2n) is 5.30. The van der Waals surface area contributed by atoms with E-state index in [1.54, 1.807) is 6.07 Å². The Kier molecular flexibility index (Phi) is 5.31. The molecule has 0 aliphatic carbocycles. The number of anilines is 1. The molecule has 2 aromatic carbocycles. The van der Waals surface area contributed by atoms with Crippen molar-refractivity contribution in [3.63, 3.8) is 0 Å². The second kappa shape index (κ2) is 7.41. The number of hydrogen-bond donors (Lipinski definition) is 2. The van der Waals surface area contributed by atoms with Crippen LogP contribution in [0.5, 0.6) is 0 Å². The second-order valence-corrected chi connectivity index (χ2v) is 5.30. The van der Waals surface area contributed by atoms with Crippen molar-refractivity contribution >= 4 is 17.5 Å². The third kappa shape index (κ3) is 4.74. The summed E-state index contributed by atoms with van der Waals surface area (Å²) in [4.78, 5) is 23.7. The molecular formula is C18H20N2O2. The topological polar surface area (TPSA) is 58.2 Å². The van der Waals surface area contributed by atoms with Crippen LogP contribution in [-0.2, 0) is 16.1 Å². The van der Waals surface area contributed by atoms with Gasteiger partial charge in [0.2, 0.25) is 11.8 Å². The van der Waals surface area contributed by atoms with Gasteiger partial charge in [0.25, 0.3) is 0 Å². The van der Waals surface area contributed by atoms with Gasteiger partial charge >= 0.3 is 0 Å². The van der Waals surface area contributed by atoms with Gasteiger partial charge < -0.3 is 10.6 Å². The monoisotopic (exact) mass is 296 g/mol. The van der Waals surface area contributed by atoms with Crippen LogP contribution in [0.4, 0.5) is 5.69 Å². The maximum absolute atomic E-state index is 11.8. The van der Waals surface area contributed by atoms with Crippen LogP contribution in [0.3, 0.4) is 0 Å². The highest BCUT2D eigenvalue weighted by atomic mass is 16.2. The Hall–Kier alpha value is -2.62. The van der Waals surface area contributed by atoms with E-state index < -0.39 is 0 Å². The van der Waals surface area contributed by atoms with Crippen LogP contribution in [0.2, 0.25) is 0 Å². The van der Waals surface area contributed by atoms with E-state index >= 15 is 0 Å². The Morgan fingerprint density at radius 1 is 0.955 bits per heavy atom. The van der Waals surface area contributed by atoms with E-state index in [4.69, 9.17) is 0 Å². The summed E-state index contributed by atoms with van der Waals surface area (Å²) in [7, 11) is 0. The van der Waals surface area contributed by atoms with Crippen LogP contribution in [0.15, 0.2) is 48.5 Å². The fraction of sp³-hybridized carbons (Fsp3) is 0.222. The van der Waals surface area contributed by atoms with Crippen molar-refractivity contribution < 1.29 is 9.59 Å². The summed E-state index contributed by atoms with van der Waals surface area (Å²) in [5, 5.41) is 5.49. The van der Waals surface area contributed by atoms with Gasteiger partial charge in [-0.25, -0.2) is 0 Å². The first kappa shape index (κ1) is 15.8. The van der Waals surface area contributed by atoms with Crippen LogP contribution < -0.4 is 10.6 Å². The van der Waals surface area contributed by atoms with E-state index in [9.17, 15) is 9.59 Å². The first-order chi connectivity index (χ1) is 10.5. The molecule has 0 saturated carbocycles. The number of aryl methyl sites for hydroxylation is 2. The number of rotatable bonds is 5. The molecule has 0 atom stereocenters. The molecule has 114 valence electrons. The van der Waals surface area contributed by atoms with Crippen molar-refractivity contribution in [1.82, 2.24) is 5.32 Å². The van der Waals surface area contributed by atoms with Crippen LogP contribution in [0.1, 0.15) is 23.1 Å². The Labute approximate surface area is 130 Å². The van der Waals surface area contributed by atoms with Crippen molar-refractivity contribution in [3.05, 3.63) is 65.2 Å². The molecule has 0 heterocycles. The molecular weight excluding hydrogens is 276 g/mol. The molecule has 0 aliphatic rings. The van der Waals surface area contributed by atoms with Gasteiger partial charge in [-0.2, -0.15) is 0 Å². The Morgan fingerprint density at radius 3 is 2.45 bits per heavy atom. The smallest absolute Gasteiger partial charge is 0.233 e. The summed E-state index contributed by atoms with van der Waals surface area (Å²) < 4.78 is 0. The summed E-state index contributed by atoms with van der Waals surface area (Å²) in [6.07, 6.45) is -0.181. The highest BCUT2D eigenvalue weighted by Crippen LogP contribution is 2.10. The molecule has 2 rings (SSSR count). The van der Waals surface area contributed by atoms with Crippen LogP contribution in [0, 0.1) is 13.8 Å². The van der Waals surface area contributed by atoms with Crippen molar-refractivity contribution in [2.75, 3.05) is 5.32 Å². The standard InChI is InChI=1S/C18H20N2O2/c1-13-6-5-9-16(10-13)20-18(22)11-17(21)19-12-15-8-4-3-7-14(15)2/h3-10H,11-12H2,1-2H3,(H,19,21)(H,20,22). The molecule has 2 aromatic rings. The molecule has 0 unspecified atom stereocenters. The van der Waals surface area contributed by atoms with Gasteiger partial charge in [0.15, 0.2) is 0 Å². The van der Waals surface area contributed by atoms with E-state index in [0.717, 1.165) is 16.7 Å². The average Bonchev–Trinajstić information content (AvgIpc) is 2.46. The minimum atomic E-state index is -0.312. The lowest BCUT2D eigenvalue weighted by molar-refractivity contribution is -0.126. The highest BCUT2D eigenvalue weighted by Gasteiger charge is 2.10. The quantitative estimate of drug-likeness (QED) is 0.833. The molecule has 4 heteroatoms. The van der Waals surface area contributed by atoms with Gasteiger partial charge in [-0.1, -0.05) is 36.4 Å². The lowest BCUT2D eigenvalue weighted by atomic mass is 10.1. The molecule has 0 aromatic heterocycles. The molecule has 2 amide bonds. The number of nitrogens with one attached hydrogen (secondary N) is 2. The molecule has 22 heavy (non-hydrogen) atoms. The number of carbonyl (C=O) groups excluding carboxylic acids is 2. The summed E-state index contributed by atoms with van der Waals surface area (Å²) in [5.41, 5.74) is 3.93. The summed E-state index contributed by atoms with van der Waals surface area (Å²) >= 11 is 0. The predicted molar refractivity (Wildman–Crippen MR) is 87.5 cm³/mol. The van der Waals surface area contributed by atoms with Crippen LogP contribution in [-0.4, -0.2) is 11.8 Å². The van der Waals surface area contributed by atoms with Gasteiger partial charge in [0.1, 0.15) is 6.42 Å².